The molecule has 1 aliphatic rings. The van der Waals surface area contributed by atoms with Crippen LogP contribution >= 0.6 is 11.3 Å². The Kier molecular flexibility index (Phi) is 6.12. The van der Waals surface area contributed by atoms with Crippen LogP contribution in [0.3, 0.4) is 0 Å². The Morgan fingerprint density at radius 1 is 1.24 bits per heavy atom. The highest BCUT2D eigenvalue weighted by molar-refractivity contribution is 7.14. The smallest absolute Gasteiger partial charge is 0.410 e. The van der Waals surface area contributed by atoms with Gasteiger partial charge in [0, 0.05) is 29.6 Å². The largest absolute Gasteiger partial charge is 0.488 e. The van der Waals surface area contributed by atoms with E-state index in [0.29, 0.717) is 30.8 Å². The molecule has 1 aliphatic heterocycles. The van der Waals surface area contributed by atoms with E-state index in [9.17, 15) is 9.59 Å². The van der Waals surface area contributed by atoms with Gasteiger partial charge in [-0.2, -0.15) is 0 Å². The maximum atomic E-state index is 12.3. The van der Waals surface area contributed by atoms with E-state index in [1.807, 2.05) is 33.8 Å². The quantitative estimate of drug-likeness (QED) is 0.689. The Labute approximate surface area is 174 Å². The number of aromatic nitrogens is 1. The van der Waals surface area contributed by atoms with Crippen molar-refractivity contribution in [1.29, 1.82) is 0 Å². The van der Waals surface area contributed by atoms with Crippen molar-refractivity contribution in [3.8, 4) is 16.3 Å². The summed E-state index contributed by atoms with van der Waals surface area (Å²) in [5.74, 6) is 0.110. The van der Waals surface area contributed by atoms with E-state index in [2.05, 4.69) is 4.98 Å². The van der Waals surface area contributed by atoms with Crippen LogP contribution in [-0.4, -0.2) is 53.9 Å². The first-order chi connectivity index (χ1) is 13.6. The van der Waals surface area contributed by atoms with Crippen molar-refractivity contribution in [2.45, 2.75) is 45.8 Å². The number of hydrogen-bond acceptors (Lipinski definition) is 7. The predicted octanol–water partition coefficient (Wildman–Crippen LogP) is 4.29. The SMILES string of the molecule is COC(=O)c1cc(O[C@H]2CCN(C(=O)OC(C)(C)C)C2)cc(-c2ncc(C)s2)c1. The molecule has 8 heteroatoms. The normalized spacial score (nSPS) is 16.6. The zero-order valence-corrected chi connectivity index (χ0v) is 18.2. The summed E-state index contributed by atoms with van der Waals surface area (Å²) in [7, 11) is 1.35. The molecule has 1 saturated heterocycles. The lowest BCUT2D eigenvalue weighted by Gasteiger charge is -2.24. The number of benzene rings is 1. The summed E-state index contributed by atoms with van der Waals surface area (Å²) in [5.41, 5.74) is 0.656. The number of carbonyl (C=O) groups excluding carboxylic acids is 2. The van der Waals surface area contributed by atoms with Gasteiger partial charge in [0.2, 0.25) is 0 Å². The van der Waals surface area contributed by atoms with Crippen LogP contribution in [0.2, 0.25) is 0 Å². The predicted molar refractivity (Wildman–Crippen MR) is 110 cm³/mol. The van der Waals surface area contributed by atoms with Gasteiger partial charge in [-0.3, -0.25) is 0 Å². The van der Waals surface area contributed by atoms with E-state index in [1.54, 1.807) is 34.6 Å². The first-order valence-corrected chi connectivity index (χ1v) is 10.3. The standard InChI is InChI=1S/C21H26N2O5S/c1-13-11-22-18(29-13)14-8-15(19(24)26-5)10-17(9-14)27-16-6-7-23(12-16)20(25)28-21(2,3)4/h8-11,16H,6-7,12H2,1-5H3/t16-/m0/s1. The third-order valence-electron chi connectivity index (χ3n) is 4.30. The highest BCUT2D eigenvalue weighted by atomic mass is 32.1. The van der Waals surface area contributed by atoms with Gasteiger partial charge in [-0.25, -0.2) is 14.6 Å². The Morgan fingerprint density at radius 3 is 2.62 bits per heavy atom. The molecule has 1 amide bonds. The highest BCUT2D eigenvalue weighted by Gasteiger charge is 2.31. The monoisotopic (exact) mass is 418 g/mol. The lowest BCUT2D eigenvalue weighted by molar-refractivity contribution is 0.0275. The summed E-state index contributed by atoms with van der Waals surface area (Å²) in [5, 5.41) is 0.805. The van der Waals surface area contributed by atoms with Crippen LogP contribution in [0.4, 0.5) is 4.79 Å². The van der Waals surface area contributed by atoms with E-state index in [0.717, 1.165) is 15.4 Å². The van der Waals surface area contributed by atoms with Crippen molar-refractivity contribution in [3.05, 3.63) is 34.8 Å². The van der Waals surface area contributed by atoms with Gasteiger partial charge in [0.15, 0.2) is 0 Å². The Bertz CT molecular complexity index is 903. The van der Waals surface area contributed by atoms with Gasteiger partial charge in [-0.1, -0.05) is 0 Å². The molecular formula is C21H26N2O5S. The highest BCUT2D eigenvalue weighted by Crippen LogP contribution is 2.31. The maximum absolute atomic E-state index is 12.3. The molecule has 0 N–H and O–H groups in total. The second-order valence-electron chi connectivity index (χ2n) is 7.97. The van der Waals surface area contributed by atoms with Crippen LogP contribution in [0.1, 0.15) is 42.4 Å². The molecule has 0 unspecified atom stereocenters. The third-order valence-corrected chi connectivity index (χ3v) is 5.26. The van der Waals surface area contributed by atoms with E-state index < -0.39 is 11.6 Å². The molecular weight excluding hydrogens is 392 g/mol. The fourth-order valence-corrected chi connectivity index (χ4v) is 3.78. The van der Waals surface area contributed by atoms with E-state index in [-0.39, 0.29) is 12.2 Å². The van der Waals surface area contributed by atoms with Crippen molar-refractivity contribution in [1.82, 2.24) is 9.88 Å². The van der Waals surface area contributed by atoms with Crippen molar-refractivity contribution in [2.24, 2.45) is 0 Å². The van der Waals surface area contributed by atoms with Crippen molar-refractivity contribution >= 4 is 23.4 Å². The van der Waals surface area contributed by atoms with Gasteiger partial charge in [0.25, 0.3) is 0 Å². The molecule has 1 aromatic heterocycles. The molecule has 29 heavy (non-hydrogen) atoms. The van der Waals surface area contributed by atoms with E-state index in [1.165, 1.54) is 7.11 Å². The molecule has 0 radical (unpaired) electrons. The summed E-state index contributed by atoms with van der Waals surface area (Å²) >= 11 is 1.54. The second kappa shape index (κ2) is 8.41. The van der Waals surface area contributed by atoms with Crippen LogP contribution < -0.4 is 4.74 Å². The number of nitrogens with zero attached hydrogens (tertiary/aromatic N) is 2. The molecule has 0 spiro atoms. The molecule has 1 fully saturated rings. The first kappa shape index (κ1) is 21.1. The minimum absolute atomic E-state index is 0.179. The van der Waals surface area contributed by atoms with Crippen LogP contribution in [0.25, 0.3) is 10.6 Å². The number of carbonyl (C=O) groups is 2. The van der Waals surface area contributed by atoms with Gasteiger partial charge >= 0.3 is 12.1 Å². The van der Waals surface area contributed by atoms with Crippen molar-refractivity contribution in [3.63, 3.8) is 0 Å². The van der Waals surface area contributed by atoms with Crippen molar-refractivity contribution < 1.29 is 23.8 Å². The molecule has 1 aromatic carbocycles. The van der Waals surface area contributed by atoms with E-state index in [4.69, 9.17) is 14.2 Å². The van der Waals surface area contributed by atoms with Crippen LogP contribution in [0.5, 0.6) is 5.75 Å². The zero-order valence-electron chi connectivity index (χ0n) is 17.4. The molecule has 0 bridgehead atoms. The number of rotatable bonds is 4. The van der Waals surface area contributed by atoms with Gasteiger partial charge < -0.3 is 19.1 Å². The minimum atomic E-state index is -0.536. The summed E-state index contributed by atoms with van der Waals surface area (Å²) in [6.07, 6.45) is 1.96. The number of aryl methyl sites for hydroxylation is 1. The number of amides is 1. The summed E-state index contributed by atoms with van der Waals surface area (Å²) < 4.78 is 16.4. The fraction of sp³-hybridized carbons (Fsp3) is 0.476. The van der Waals surface area contributed by atoms with Gasteiger partial charge in [0.1, 0.15) is 22.5 Å². The van der Waals surface area contributed by atoms with Gasteiger partial charge in [-0.15, -0.1) is 11.3 Å². The maximum Gasteiger partial charge on any atom is 0.410 e. The molecule has 2 aromatic rings. The lowest BCUT2D eigenvalue weighted by atomic mass is 10.1. The lowest BCUT2D eigenvalue weighted by Crippen LogP contribution is -2.36. The molecule has 2 heterocycles. The molecule has 156 valence electrons. The minimum Gasteiger partial charge on any atom is -0.488 e. The molecule has 1 atom stereocenters. The average molecular weight is 419 g/mol. The number of hydrogen-bond donors (Lipinski definition) is 0. The number of methoxy groups -OCH3 is 1. The van der Waals surface area contributed by atoms with Gasteiger partial charge in [-0.05, 0) is 45.9 Å². The Balaban J connectivity index is 1.76. The number of thiazole rings is 1. The van der Waals surface area contributed by atoms with Crippen LogP contribution in [0.15, 0.2) is 24.4 Å². The summed E-state index contributed by atoms with van der Waals surface area (Å²) in [6, 6.07) is 5.27. The number of likely N-dealkylation sites (tertiary alicyclic amines) is 1. The fourth-order valence-electron chi connectivity index (χ4n) is 3.02. The van der Waals surface area contributed by atoms with Crippen molar-refractivity contribution in [2.75, 3.05) is 20.2 Å². The third kappa shape index (κ3) is 5.47. The molecule has 3 rings (SSSR count). The number of esters is 1. The molecule has 0 saturated carbocycles. The Hall–Kier alpha value is -2.61. The first-order valence-electron chi connectivity index (χ1n) is 9.45. The average Bonchev–Trinajstić information content (AvgIpc) is 3.28. The van der Waals surface area contributed by atoms with Crippen LogP contribution in [-0.2, 0) is 9.47 Å². The topological polar surface area (TPSA) is 78.0 Å². The Morgan fingerprint density at radius 2 is 2.00 bits per heavy atom. The van der Waals surface area contributed by atoms with E-state index >= 15 is 0 Å². The zero-order chi connectivity index (χ0) is 21.2. The summed E-state index contributed by atoms with van der Waals surface area (Å²) in [4.78, 5) is 31.5. The second-order valence-corrected chi connectivity index (χ2v) is 9.20. The van der Waals surface area contributed by atoms with Crippen LogP contribution in [0, 0.1) is 6.92 Å². The van der Waals surface area contributed by atoms with Gasteiger partial charge in [0.05, 0.1) is 19.2 Å². The molecule has 7 nitrogen and oxygen atoms in total. The molecule has 0 aliphatic carbocycles. The number of ether oxygens (including phenoxy) is 3. The summed E-state index contributed by atoms with van der Waals surface area (Å²) in [6.45, 7) is 8.50.